The number of aromatic nitrogens is 1. The van der Waals surface area contributed by atoms with Crippen LogP contribution in [-0.4, -0.2) is 25.6 Å². The highest BCUT2D eigenvalue weighted by Gasteiger charge is 2.21. The molecular weight excluding hydrogens is 440 g/mol. The Kier molecular flexibility index (Phi) is 6.13. The molecule has 0 bridgehead atoms. The monoisotopic (exact) mass is 464 g/mol. The summed E-state index contributed by atoms with van der Waals surface area (Å²) < 4.78 is 24.5. The number of anilines is 1. The molecule has 0 spiro atoms. The van der Waals surface area contributed by atoms with E-state index in [0.717, 1.165) is 32.5 Å². The van der Waals surface area contributed by atoms with Crippen molar-refractivity contribution in [3.05, 3.63) is 89.0 Å². The molecule has 0 unspecified atom stereocenters. The van der Waals surface area contributed by atoms with Gasteiger partial charge in [-0.25, -0.2) is 13.4 Å². The van der Waals surface area contributed by atoms with Gasteiger partial charge in [0.1, 0.15) is 0 Å². The molecule has 7 heteroatoms. The van der Waals surface area contributed by atoms with E-state index in [9.17, 15) is 13.2 Å². The highest BCUT2D eigenvalue weighted by molar-refractivity contribution is 7.90. The van der Waals surface area contributed by atoms with Gasteiger partial charge in [0, 0.05) is 6.26 Å². The van der Waals surface area contributed by atoms with Crippen LogP contribution in [0.15, 0.2) is 71.6 Å². The SMILES string of the molecule is Cc1cc(C)c2sc(N(Cc3ccccc3)C(=O)Cc3ccc(S(C)(=O)=O)cc3)nc2c1. The zero-order valence-corrected chi connectivity index (χ0v) is 19.8. The lowest BCUT2D eigenvalue weighted by atomic mass is 10.1. The molecule has 0 N–H and O–H groups in total. The van der Waals surface area contributed by atoms with Gasteiger partial charge in [-0.3, -0.25) is 9.69 Å². The highest BCUT2D eigenvalue weighted by atomic mass is 32.2. The lowest BCUT2D eigenvalue weighted by Gasteiger charge is -2.20. The second kappa shape index (κ2) is 8.84. The normalized spacial score (nSPS) is 11.6. The number of carbonyl (C=O) groups is 1. The van der Waals surface area contributed by atoms with Crippen molar-refractivity contribution in [1.29, 1.82) is 0 Å². The highest BCUT2D eigenvalue weighted by Crippen LogP contribution is 2.33. The number of sulfone groups is 1. The fourth-order valence-corrected chi connectivity index (χ4v) is 5.30. The molecule has 0 saturated heterocycles. The molecular formula is C25H24N2O3S2. The first-order valence-corrected chi connectivity index (χ1v) is 12.9. The lowest BCUT2D eigenvalue weighted by molar-refractivity contribution is -0.118. The van der Waals surface area contributed by atoms with Gasteiger partial charge in [0.2, 0.25) is 5.91 Å². The maximum Gasteiger partial charge on any atom is 0.233 e. The number of benzene rings is 3. The maximum absolute atomic E-state index is 13.4. The van der Waals surface area contributed by atoms with Crippen LogP contribution >= 0.6 is 11.3 Å². The molecule has 1 aromatic heterocycles. The van der Waals surface area contributed by atoms with E-state index < -0.39 is 9.84 Å². The summed E-state index contributed by atoms with van der Waals surface area (Å²) in [5, 5.41) is 0.662. The smallest absolute Gasteiger partial charge is 0.233 e. The predicted molar refractivity (Wildman–Crippen MR) is 130 cm³/mol. The van der Waals surface area contributed by atoms with Gasteiger partial charge in [-0.15, -0.1) is 0 Å². The molecule has 0 aliphatic rings. The van der Waals surface area contributed by atoms with Gasteiger partial charge in [-0.05, 0) is 54.3 Å². The first-order chi connectivity index (χ1) is 15.2. The number of aryl methyl sites for hydroxylation is 2. The molecule has 0 aliphatic carbocycles. The summed E-state index contributed by atoms with van der Waals surface area (Å²) in [5.74, 6) is -0.0885. The number of thiazole rings is 1. The summed E-state index contributed by atoms with van der Waals surface area (Å²) in [4.78, 5) is 20.2. The molecule has 1 amide bonds. The number of hydrogen-bond acceptors (Lipinski definition) is 5. The molecule has 0 radical (unpaired) electrons. The van der Waals surface area contributed by atoms with Gasteiger partial charge < -0.3 is 0 Å². The molecule has 1 heterocycles. The van der Waals surface area contributed by atoms with Crippen molar-refractivity contribution in [2.75, 3.05) is 11.2 Å². The molecule has 164 valence electrons. The van der Waals surface area contributed by atoms with E-state index in [-0.39, 0.29) is 17.2 Å². The Balaban J connectivity index is 1.68. The van der Waals surface area contributed by atoms with Crippen LogP contribution in [0.5, 0.6) is 0 Å². The zero-order valence-electron chi connectivity index (χ0n) is 18.2. The van der Waals surface area contributed by atoms with Crippen LogP contribution in [0.25, 0.3) is 10.2 Å². The van der Waals surface area contributed by atoms with Gasteiger partial charge in [-0.1, -0.05) is 59.9 Å². The van der Waals surface area contributed by atoms with Crippen molar-refractivity contribution in [2.45, 2.75) is 31.7 Å². The van der Waals surface area contributed by atoms with Gasteiger partial charge in [0.05, 0.1) is 28.1 Å². The van der Waals surface area contributed by atoms with Crippen LogP contribution in [0, 0.1) is 13.8 Å². The number of fused-ring (bicyclic) bond motifs is 1. The second-order valence-corrected chi connectivity index (χ2v) is 11.0. The van der Waals surface area contributed by atoms with Gasteiger partial charge in [0.15, 0.2) is 15.0 Å². The van der Waals surface area contributed by atoms with E-state index in [2.05, 4.69) is 13.0 Å². The molecule has 32 heavy (non-hydrogen) atoms. The number of carbonyl (C=O) groups excluding carboxylic acids is 1. The summed E-state index contributed by atoms with van der Waals surface area (Å²) in [5.41, 5.74) is 4.95. The molecule has 0 aliphatic heterocycles. The summed E-state index contributed by atoms with van der Waals surface area (Å²) in [7, 11) is -3.27. The van der Waals surface area contributed by atoms with Crippen molar-refractivity contribution >= 4 is 42.4 Å². The van der Waals surface area contributed by atoms with E-state index in [0.29, 0.717) is 11.7 Å². The van der Waals surface area contributed by atoms with Crippen LogP contribution in [0.1, 0.15) is 22.3 Å². The number of rotatable bonds is 6. The topological polar surface area (TPSA) is 67.3 Å². The van der Waals surface area contributed by atoms with Crippen LogP contribution in [0.2, 0.25) is 0 Å². The summed E-state index contributed by atoms with van der Waals surface area (Å²) in [6, 6.07) is 20.5. The minimum atomic E-state index is -3.27. The minimum absolute atomic E-state index is 0.0885. The molecule has 0 fully saturated rings. The molecule has 3 aromatic carbocycles. The Morgan fingerprint density at radius 3 is 2.31 bits per heavy atom. The largest absolute Gasteiger partial charge is 0.283 e. The Morgan fingerprint density at radius 1 is 0.969 bits per heavy atom. The van der Waals surface area contributed by atoms with Gasteiger partial charge in [0.25, 0.3) is 0 Å². The minimum Gasteiger partial charge on any atom is -0.283 e. The first-order valence-electron chi connectivity index (χ1n) is 10.2. The molecule has 5 nitrogen and oxygen atoms in total. The Hall–Kier alpha value is -3.03. The summed E-state index contributed by atoms with van der Waals surface area (Å²) in [6.07, 6.45) is 1.33. The maximum atomic E-state index is 13.4. The fraction of sp³-hybridized carbons (Fsp3) is 0.200. The fourth-order valence-electron chi connectivity index (χ4n) is 3.63. The Bertz CT molecular complexity index is 1380. The predicted octanol–water partition coefficient (Wildman–Crippen LogP) is 5.09. The average molecular weight is 465 g/mol. The van der Waals surface area contributed by atoms with E-state index in [4.69, 9.17) is 4.98 Å². The molecule has 0 saturated carbocycles. The third-order valence-electron chi connectivity index (χ3n) is 5.23. The van der Waals surface area contributed by atoms with Crippen molar-refractivity contribution < 1.29 is 13.2 Å². The molecule has 4 aromatic rings. The van der Waals surface area contributed by atoms with Crippen LogP contribution < -0.4 is 4.90 Å². The van der Waals surface area contributed by atoms with E-state index >= 15 is 0 Å². The lowest BCUT2D eigenvalue weighted by Crippen LogP contribution is -2.31. The summed E-state index contributed by atoms with van der Waals surface area (Å²) >= 11 is 1.52. The van der Waals surface area contributed by atoms with Crippen molar-refractivity contribution in [3.63, 3.8) is 0 Å². The second-order valence-electron chi connectivity index (χ2n) is 7.98. The van der Waals surface area contributed by atoms with Gasteiger partial charge >= 0.3 is 0 Å². The first kappa shape index (κ1) is 22.2. The third kappa shape index (κ3) is 4.89. The number of amides is 1. The van der Waals surface area contributed by atoms with E-state index in [1.54, 1.807) is 29.2 Å². The van der Waals surface area contributed by atoms with Crippen molar-refractivity contribution in [2.24, 2.45) is 0 Å². The van der Waals surface area contributed by atoms with Gasteiger partial charge in [-0.2, -0.15) is 0 Å². The van der Waals surface area contributed by atoms with E-state index in [1.165, 1.54) is 17.6 Å². The third-order valence-corrected chi connectivity index (χ3v) is 7.59. The Morgan fingerprint density at radius 2 is 1.66 bits per heavy atom. The van der Waals surface area contributed by atoms with E-state index in [1.807, 2.05) is 43.3 Å². The summed E-state index contributed by atoms with van der Waals surface area (Å²) in [6.45, 7) is 4.52. The van der Waals surface area contributed by atoms with Crippen molar-refractivity contribution in [1.82, 2.24) is 4.98 Å². The molecule has 4 rings (SSSR count). The van der Waals surface area contributed by atoms with Crippen LogP contribution in [-0.2, 0) is 27.6 Å². The van der Waals surface area contributed by atoms with Crippen molar-refractivity contribution in [3.8, 4) is 0 Å². The average Bonchev–Trinajstić information content (AvgIpc) is 3.16. The number of nitrogens with zero attached hydrogens (tertiary/aromatic N) is 2. The standard InChI is InChI=1S/C25H24N2O3S2/c1-17-13-18(2)24-22(14-17)26-25(31-24)27(16-20-7-5-4-6-8-20)23(28)15-19-9-11-21(12-10-19)32(3,29)30/h4-14H,15-16H2,1-3H3. The number of hydrogen-bond donors (Lipinski definition) is 0. The quantitative estimate of drug-likeness (QED) is 0.398. The van der Waals surface area contributed by atoms with Crippen LogP contribution in [0.4, 0.5) is 5.13 Å². The van der Waals surface area contributed by atoms with Crippen LogP contribution in [0.3, 0.4) is 0 Å². The molecule has 0 atom stereocenters. The zero-order chi connectivity index (χ0) is 22.9. The Labute approximate surface area is 192 Å².